The van der Waals surface area contributed by atoms with Gasteiger partial charge in [-0.05, 0) is 24.6 Å². The third kappa shape index (κ3) is 6.24. The molecule has 114 valence electrons. The van der Waals surface area contributed by atoms with E-state index in [1.165, 1.54) is 0 Å². The van der Waals surface area contributed by atoms with Gasteiger partial charge in [-0.1, -0.05) is 17.7 Å². The van der Waals surface area contributed by atoms with Crippen LogP contribution in [-0.2, 0) is 14.4 Å². The van der Waals surface area contributed by atoms with Gasteiger partial charge in [-0.25, -0.2) is 0 Å². The number of anilines is 1. The fourth-order valence-corrected chi connectivity index (χ4v) is 1.84. The maximum absolute atomic E-state index is 11.9. The Bertz CT molecular complexity index is 545. The maximum atomic E-state index is 11.9. The summed E-state index contributed by atoms with van der Waals surface area (Å²) in [6.45, 7) is 0.366. The molecule has 1 amide bonds. The summed E-state index contributed by atoms with van der Waals surface area (Å²) in [5, 5.41) is 20.4. The topological polar surface area (TPSA) is 107 Å². The van der Waals surface area contributed by atoms with Crippen LogP contribution in [0.1, 0.15) is 5.56 Å². The van der Waals surface area contributed by atoms with Gasteiger partial charge in [0.2, 0.25) is 5.91 Å². The van der Waals surface area contributed by atoms with E-state index in [2.05, 4.69) is 5.32 Å². The minimum absolute atomic E-state index is 0.343. The van der Waals surface area contributed by atoms with E-state index in [1.807, 2.05) is 0 Å². The van der Waals surface area contributed by atoms with Crippen molar-refractivity contribution in [2.75, 3.05) is 25.0 Å². The van der Waals surface area contributed by atoms with Crippen molar-refractivity contribution in [3.63, 3.8) is 0 Å². The monoisotopic (exact) mass is 314 g/mol. The van der Waals surface area contributed by atoms with Crippen LogP contribution in [0.25, 0.3) is 0 Å². The summed E-state index contributed by atoms with van der Waals surface area (Å²) in [6.07, 6.45) is 0. The zero-order valence-corrected chi connectivity index (χ0v) is 12.1. The zero-order chi connectivity index (χ0) is 16.0. The Hall–Kier alpha value is -2.12. The van der Waals surface area contributed by atoms with E-state index in [0.29, 0.717) is 10.7 Å². The third-order valence-electron chi connectivity index (χ3n) is 2.56. The van der Waals surface area contributed by atoms with E-state index in [9.17, 15) is 14.4 Å². The molecule has 0 fully saturated rings. The SMILES string of the molecule is Cc1ccc(Cl)cc1NC(=O)CN(CC(=O)O)CC(=O)O. The highest BCUT2D eigenvalue weighted by Gasteiger charge is 2.17. The van der Waals surface area contributed by atoms with Crippen molar-refractivity contribution in [3.05, 3.63) is 28.8 Å². The van der Waals surface area contributed by atoms with Gasteiger partial charge < -0.3 is 15.5 Å². The Morgan fingerprint density at radius 1 is 1.14 bits per heavy atom. The van der Waals surface area contributed by atoms with Crippen molar-refractivity contribution in [2.45, 2.75) is 6.92 Å². The van der Waals surface area contributed by atoms with Crippen molar-refractivity contribution >= 4 is 35.1 Å². The van der Waals surface area contributed by atoms with E-state index in [-0.39, 0.29) is 6.54 Å². The van der Waals surface area contributed by atoms with Crippen LogP contribution < -0.4 is 5.32 Å². The summed E-state index contributed by atoms with van der Waals surface area (Å²) in [5.41, 5.74) is 1.29. The highest BCUT2D eigenvalue weighted by molar-refractivity contribution is 6.31. The van der Waals surface area contributed by atoms with Crippen LogP contribution in [0.4, 0.5) is 5.69 Å². The predicted molar refractivity (Wildman–Crippen MR) is 76.5 cm³/mol. The molecule has 0 saturated heterocycles. The first-order valence-corrected chi connectivity index (χ1v) is 6.37. The van der Waals surface area contributed by atoms with Gasteiger partial charge in [-0.15, -0.1) is 0 Å². The van der Waals surface area contributed by atoms with Gasteiger partial charge in [0, 0.05) is 10.7 Å². The summed E-state index contributed by atoms with van der Waals surface area (Å²) < 4.78 is 0. The number of hydrogen-bond donors (Lipinski definition) is 3. The number of carboxylic acid groups (broad SMARTS) is 2. The zero-order valence-electron chi connectivity index (χ0n) is 11.3. The number of nitrogens with zero attached hydrogens (tertiary/aromatic N) is 1. The van der Waals surface area contributed by atoms with Gasteiger partial charge in [-0.3, -0.25) is 19.3 Å². The normalized spacial score (nSPS) is 10.4. The molecule has 3 N–H and O–H groups in total. The lowest BCUT2D eigenvalue weighted by Crippen LogP contribution is -2.40. The molecule has 7 nitrogen and oxygen atoms in total. The van der Waals surface area contributed by atoms with Gasteiger partial charge in [0.1, 0.15) is 0 Å². The van der Waals surface area contributed by atoms with Crippen LogP contribution in [0.15, 0.2) is 18.2 Å². The molecule has 0 saturated carbocycles. The second kappa shape index (κ2) is 7.61. The molecule has 1 aromatic rings. The number of amides is 1. The lowest BCUT2D eigenvalue weighted by atomic mass is 10.2. The predicted octanol–water partition coefficient (Wildman–Crippen LogP) is 1.06. The summed E-state index contributed by atoms with van der Waals surface area (Å²) >= 11 is 5.83. The molecule has 0 bridgehead atoms. The number of hydrogen-bond acceptors (Lipinski definition) is 4. The largest absolute Gasteiger partial charge is 0.480 e. The van der Waals surface area contributed by atoms with Gasteiger partial charge in [-0.2, -0.15) is 0 Å². The summed E-state index contributed by atoms with van der Waals surface area (Å²) in [5.74, 6) is -2.92. The van der Waals surface area contributed by atoms with Gasteiger partial charge in [0.25, 0.3) is 0 Å². The molecule has 1 rings (SSSR count). The standard InChI is InChI=1S/C13H15ClN2O5/c1-8-2-3-9(14)4-10(8)15-11(17)5-16(6-12(18)19)7-13(20)21/h2-4H,5-7H2,1H3,(H,15,17)(H,18,19)(H,20,21). The van der Waals surface area contributed by atoms with Gasteiger partial charge in [0.15, 0.2) is 0 Å². The van der Waals surface area contributed by atoms with Crippen molar-refractivity contribution in [2.24, 2.45) is 0 Å². The number of rotatable bonds is 7. The molecule has 0 heterocycles. The van der Waals surface area contributed by atoms with Crippen LogP contribution in [0, 0.1) is 6.92 Å². The van der Waals surface area contributed by atoms with E-state index in [0.717, 1.165) is 10.5 Å². The van der Waals surface area contributed by atoms with E-state index in [4.69, 9.17) is 21.8 Å². The number of halogens is 1. The first kappa shape index (κ1) is 16.9. The molecule has 0 aromatic heterocycles. The number of aliphatic carboxylic acids is 2. The molecule has 0 aliphatic carbocycles. The summed E-state index contributed by atoms with van der Waals surface area (Å²) in [6, 6.07) is 4.96. The Morgan fingerprint density at radius 2 is 1.71 bits per heavy atom. The van der Waals surface area contributed by atoms with Gasteiger partial charge in [0.05, 0.1) is 19.6 Å². The lowest BCUT2D eigenvalue weighted by Gasteiger charge is -2.17. The molecule has 21 heavy (non-hydrogen) atoms. The minimum atomic E-state index is -1.21. The molecule has 0 spiro atoms. The van der Waals surface area contributed by atoms with E-state index < -0.39 is 30.9 Å². The molecule has 0 unspecified atom stereocenters. The lowest BCUT2D eigenvalue weighted by molar-refractivity contribution is -0.142. The maximum Gasteiger partial charge on any atom is 0.317 e. The average Bonchev–Trinajstić information content (AvgIpc) is 2.31. The number of carbonyl (C=O) groups is 3. The number of benzene rings is 1. The second-order valence-corrected chi connectivity index (χ2v) is 4.88. The highest BCUT2D eigenvalue weighted by atomic mass is 35.5. The Balaban J connectivity index is 2.70. The molecule has 1 aromatic carbocycles. The highest BCUT2D eigenvalue weighted by Crippen LogP contribution is 2.20. The van der Waals surface area contributed by atoms with E-state index >= 15 is 0 Å². The van der Waals surface area contributed by atoms with Crippen molar-refractivity contribution in [1.82, 2.24) is 4.90 Å². The molecule has 0 atom stereocenters. The first-order chi connectivity index (χ1) is 9.77. The van der Waals surface area contributed by atoms with Gasteiger partial charge >= 0.3 is 11.9 Å². The average molecular weight is 315 g/mol. The number of nitrogens with one attached hydrogen (secondary N) is 1. The Labute approximate surface area is 126 Å². The fraction of sp³-hybridized carbons (Fsp3) is 0.308. The first-order valence-electron chi connectivity index (χ1n) is 6.00. The third-order valence-corrected chi connectivity index (χ3v) is 2.79. The van der Waals surface area contributed by atoms with Crippen LogP contribution in [0.5, 0.6) is 0 Å². The molecule has 0 radical (unpaired) electrons. The van der Waals surface area contributed by atoms with Crippen molar-refractivity contribution in [1.29, 1.82) is 0 Å². The molecule has 0 aliphatic heterocycles. The Morgan fingerprint density at radius 3 is 2.24 bits per heavy atom. The number of aryl methyl sites for hydroxylation is 1. The van der Waals surface area contributed by atoms with Crippen molar-refractivity contribution < 1.29 is 24.6 Å². The van der Waals surface area contributed by atoms with Crippen LogP contribution in [0.3, 0.4) is 0 Å². The quantitative estimate of drug-likeness (QED) is 0.694. The molecule has 8 heteroatoms. The van der Waals surface area contributed by atoms with Crippen molar-refractivity contribution in [3.8, 4) is 0 Å². The minimum Gasteiger partial charge on any atom is -0.480 e. The molecular formula is C13H15ClN2O5. The number of carbonyl (C=O) groups excluding carboxylic acids is 1. The summed E-state index contributed by atoms with van der Waals surface area (Å²) in [7, 11) is 0. The molecular weight excluding hydrogens is 300 g/mol. The smallest absolute Gasteiger partial charge is 0.317 e. The fourth-order valence-electron chi connectivity index (χ4n) is 1.67. The van der Waals surface area contributed by atoms with Crippen LogP contribution >= 0.6 is 11.6 Å². The number of carboxylic acids is 2. The van der Waals surface area contributed by atoms with Crippen LogP contribution in [-0.4, -0.2) is 52.6 Å². The van der Waals surface area contributed by atoms with E-state index in [1.54, 1.807) is 25.1 Å². The van der Waals surface area contributed by atoms with Crippen LogP contribution in [0.2, 0.25) is 5.02 Å². The second-order valence-electron chi connectivity index (χ2n) is 4.44. The summed E-state index contributed by atoms with van der Waals surface area (Å²) in [4.78, 5) is 34.2. The molecule has 0 aliphatic rings. The Kier molecular flexibility index (Phi) is 6.13.